The molecule has 0 amide bonds. The molecular weight excluding hydrogens is 144 g/mol. The summed E-state index contributed by atoms with van der Waals surface area (Å²) >= 11 is 0. The molecule has 0 aromatic rings. The molecule has 0 heteroatoms. The first-order chi connectivity index (χ1) is 5.52. The molecule has 1 saturated carbocycles. The summed E-state index contributed by atoms with van der Waals surface area (Å²) in [6.07, 6.45) is 3.95. The van der Waals surface area contributed by atoms with E-state index in [0.29, 0.717) is 5.41 Å². The average molecular weight is 166 g/mol. The van der Waals surface area contributed by atoms with Gasteiger partial charge < -0.3 is 0 Å². The van der Waals surface area contributed by atoms with E-state index < -0.39 is 0 Å². The summed E-state index contributed by atoms with van der Waals surface area (Å²) in [6, 6.07) is 0. The van der Waals surface area contributed by atoms with Gasteiger partial charge in [-0.15, -0.1) is 0 Å². The van der Waals surface area contributed by atoms with Crippen molar-refractivity contribution in [1.82, 2.24) is 0 Å². The number of rotatable bonds is 4. The van der Waals surface area contributed by atoms with E-state index >= 15 is 0 Å². The van der Waals surface area contributed by atoms with E-state index in [1.807, 2.05) is 0 Å². The van der Waals surface area contributed by atoms with E-state index in [2.05, 4.69) is 34.3 Å². The van der Waals surface area contributed by atoms with Gasteiger partial charge >= 0.3 is 0 Å². The Kier molecular flexibility index (Phi) is 2.65. The molecule has 0 bridgehead atoms. The summed E-state index contributed by atoms with van der Waals surface area (Å²) in [4.78, 5) is 0. The fraction of sp³-hybridized carbons (Fsp3) is 0.833. The van der Waals surface area contributed by atoms with Gasteiger partial charge in [0.15, 0.2) is 0 Å². The number of allylic oxidation sites excluding steroid dienone is 1. The summed E-state index contributed by atoms with van der Waals surface area (Å²) in [5, 5.41) is 0. The molecule has 0 N–H and O–H groups in total. The molecule has 0 aromatic carbocycles. The summed E-state index contributed by atoms with van der Waals surface area (Å²) in [5.41, 5.74) is 1.99. The van der Waals surface area contributed by atoms with E-state index in [-0.39, 0.29) is 0 Å². The maximum Gasteiger partial charge on any atom is -0.00876 e. The summed E-state index contributed by atoms with van der Waals surface area (Å²) < 4.78 is 0. The highest BCUT2D eigenvalue weighted by Gasteiger charge is 2.49. The lowest BCUT2D eigenvalue weighted by atomic mass is 9.85. The molecule has 1 aliphatic rings. The van der Waals surface area contributed by atoms with Crippen LogP contribution in [-0.4, -0.2) is 0 Å². The maximum absolute atomic E-state index is 4.26. The van der Waals surface area contributed by atoms with Gasteiger partial charge in [0.25, 0.3) is 0 Å². The van der Waals surface area contributed by atoms with Gasteiger partial charge in [-0.2, -0.15) is 0 Å². The Labute approximate surface area is 77.1 Å². The van der Waals surface area contributed by atoms with Crippen molar-refractivity contribution in [1.29, 1.82) is 0 Å². The van der Waals surface area contributed by atoms with Crippen LogP contribution in [0.15, 0.2) is 12.2 Å². The minimum Gasteiger partial charge on any atom is -0.0990 e. The third-order valence-electron chi connectivity index (χ3n) is 3.71. The van der Waals surface area contributed by atoms with Crippen molar-refractivity contribution in [2.45, 2.75) is 47.0 Å². The van der Waals surface area contributed by atoms with E-state index in [1.54, 1.807) is 0 Å². The van der Waals surface area contributed by atoms with Crippen LogP contribution in [0.25, 0.3) is 0 Å². The van der Waals surface area contributed by atoms with Crippen LogP contribution in [0.1, 0.15) is 47.0 Å². The second-order valence-corrected chi connectivity index (χ2v) is 4.74. The van der Waals surface area contributed by atoms with Gasteiger partial charge in [-0.1, -0.05) is 46.3 Å². The molecule has 3 unspecified atom stereocenters. The zero-order valence-electron chi connectivity index (χ0n) is 8.98. The Balaban J connectivity index is 2.48. The molecule has 0 saturated heterocycles. The Morgan fingerprint density at radius 1 is 1.67 bits per heavy atom. The van der Waals surface area contributed by atoms with Gasteiger partial charge in [-0.3, -0.25) is 0 Å². The SMILES string of the molecule is C=C(C(C)CCC)C1(C)CC1C. The standard InChI is InChI=1S/C12H22/c1-6-7-9(2)11(4)12(5)8-10(12)3/h9-10H,4,6-8H2,1-3,5H3. The Morgan fingerprint density at radius 2 is 2.17 bits per heavy atom. The topological polar surface area (TPSA) is 0 Å². The number of hydrogen-bond acceptors (Lipinski definition) is 0. The molecule has 0 heterocycles. The van der Waals surface area contributed by atoms with Crippen molar-refractivity contribution in [3.8, 4) is 0 Å². The normalized spacial score (nSPS) is 36.2. The van der Waals surface area contributed by atoms with E-state index in [0.717, 1.165) is 11.8 Å². The third-order valence-corrected chi connectivity index (χ3v) is 3.71. The van der Waals surface area contributed by atoms with Gasteiger partial charge in [0.05, 0.1) is 0 Å². The molecule has 0 aliphatic heterocycles. The molecule has 12 heavy (non-hydrogen) atoms. The minimum absolute atomic E-state index is 0.495. The van der Waals surface area contributed by atoms with Crippen LogP contribution >= 0.6 is 0 Å². The van der Waals surface area contributed by atoms with Gasteiger partial charge in [0, 0.05) is 0 Å². The third kappa shape index (κ3) is 1.57. The van der Waals surface area contributed by atoms with Gasteiger partial charge in [-0.05, 0) is 30.1 Å². The first kappa shape index (κ1) is 9.83. The van der Waals surface area contributed by atoms with Crippen LogP contribution in [0.4, 0.5) is 0 Å². The largest absolute Gasteiger partial charge is 0.0990 e. The van der Waals surface area contributed by atoms with E-state index in [4.69, 9.17) is 0 Å². The van der Waals surface area contributed by atoms with Crippen molar-refractivity contribution < 1.29 is 0 Å². The smallest absolute Gasteiger partial charge is 0.00876 e. The fourth-order valence-corrected chi connectivity index (χ4v) is 2.19. The van der Waals surface area contributed by atoms with Crippen LogP contribution in [0, 0.1) is 17.3 Å². The fourth-order valence-electron chi connectivity index (χ4n) is 2.19. The van der Waals surface area contributed by atoms with Gasteiger partial charge in [-0.25, -0.2) is 0 Å². The van der Waals surface area contributed by atoms with Crippen LogP contribution in [0.2, 0.25) is 0 Å². The lowest BCUT2D eigenvalue weighted by molar-refractivity contribution is 0.489. The van der Waals surface area contributed by atoms with Crippen LogP contribution in [0.3, 0.4) is 0 Å². The van der Waals surface area contributed by atoms with Crippen molar-refractivity contribution in [2.75, 3.05) is 0 Å². The van der Waals surface area contributed by atoms with Crippen LogP contribution in [-0.2, 0) is 0 Å². The minimum atomic E-state index is 0.495. The average Bonchev–Trinajstić information content (AvgIpc) is 2.60. The molecule has 0 radical (unpaired) electrons. The molecule has 1 fully saturated rings. The lowest BCUT2D eigenvalue weighted by Crippen LogP contribution is -2.09. The highest BCUT2D eigenvalue weighted by molar-refractivity contribution is 5.21. The lowest BCUT2D eigenvalue weighted by Gasteiger charge is -2.20. The highest BCUT2D eigenvalue weighted by atomic mass is 14.5. The first-order valence-electron chi connectivity index (χ1n) is 5.21. The Hall–Kier alpha value is -0.260. The molecule has 3 atom stereocenters. The van der Waals surface area contributed by atoms with Crippen molar-refractivity contribution in [3.63, 3.8) is 0 Å². The van der Waals surface area contributed by atoms with E-state index in [1.165, 1.54) is 24.8 Å². The maximum atomic E-state index is 4.26. The Bertz CT molecular complexity index is 180. The van der Waals surface area contributed by atoms with Crippen LogP contribution in [0.5, 0.6) is 0 Å². The monoisotopic (exact) mass is 166 g/mol. The van der Waals surface area contributed by atoms with Crippen molar-refractivity contribution in [2.24, 2.45) is 17.3 Å². The molecule has 1 aliphatic carbocycles. The molecule has 1 rings (SSSR count). The zero-order chi connectivity index (χ0) is 9.35. The summed E-state index contributed by atoms with van der Waals surface area (Å²) in [5.74, 6) is 1.61. The molecule has 0 nitrogen and oxygen atoms in total. The van der Waals surface area contributed by atoms with Crippen LogP contribution < -0.4 is 0 Å². The zero-order valence-corrected chi connectivity index (χ0v) is 8.98. The predicted molar refractivity (Wildman–Crippen MR) is 55.1 cm³/mol. The van der Waals surface area contributed by atoms with Gasteiger partial charge in [0.2, 0.25) is 0 Å². The second kappa shape index (κ2) is 3.24. The number of hydrogen-bond donors (Lipinski definition) is 0. The molecular formula is C12H22. The predicted octanol–water partition coefficient (Wildman–Crippen LogP) is 4.02. The van der Waals surface area contributed by atoms with Crippen molar-refractivity contribution >= 4 is 0 Å². The molecule has 0 aromatic heterocycles. The first-order valence-corrected chi connectivity index (χ1v) is 5.21. The molecule has 70 valence electrons. The van der Waals surface area contributed by atoms with E-state index in [9.17, 15) is 0 Å². The van der Waals surface area contributed by atoms with Crippen molar-refractivity contribution in [3.05, 3.63) is 12.2 Å². The van der Waals surface area contributed by atoms with Gasteiger partial charge in [0.1, 0.15) is 0 Å². The quantitative estimate of drug-likeness (QED) is 0.553. The Morgan fingerprint density at radius 3 is 2.50 bits per heavy atom. The second-order valence-electron chi connectivity index (χ2n) is 4.74. The molecule has 0 spiro atoms. The summed E-state index contributed by atoms with van der Waals surface area (Å²) in [6.45, 7) is 13.5. The summed E-state index contributed by atoms with van der Waals surface area (Å²) in [7, 11) is 0. The highest BCUT2D eigenvalue weighted by Crippen LogP contribution is 2.58.